The Labute approximate surface area is 152 Å². The normalized spacial score (nSPS) is 21.5. The van der Waals surface area contributed by atoms with Crippen molar-refractivity contribution in [2.75, 3.05) is 33.2 Å². The highest BCUT2D eigenvalue weighted by Crippen LogP contribution is 2.31. The predicted octanol–water partition coefficient (Wildman–Crippen LogP) is 2.72. The number of hydrogen-bond acceptors (Lipinski definition) is 3. The summed E-state index contributed by atoms with van der Waals surface area (Å²) in [5.74, 6) is 0.197. The molecule has 1 amide bonds. The van der Waals surface area contributed by atoms with Gasteiger partial charge >= 0.3 is 0 Å². The van der Waals surface area contributed by atoms with Gasteiger partial charge in [0.05, 0.1) is 0 Å². The highest BCUT2D eigenvalue weighted by Gasteiger charge is 2.38. The van der Waals surface area contributed by atoms with E-state index in [0.29, 0.717) is 6.54 Å². The van der Waals surface area contributed by atoms with Crippen LogP contribution in [0.25, 0.3) is 0 Å². The average molecular weight is 362 g/mol. The van der Waals surface area contributed by atoms with Gasteiger partial charge in [0.15, 0.2) is 0 Å². The van der Waals surface area contributed by atoms with Gasteiger partial charge in [0, 0.05) is 13.1 Å². The van der Waals surface area contributed by atoms with E-state index in [9.17, 15) is 4.79 Å². The van der Waals surface area contributed by atoms with Crippen LogP contribution in [0.3, 0.4) is 0 Å². The molecule has 1 fully saturated rings. The van der Waals surface area contributed by atoms with Gasteiger partial charge in [-0.05, 0) is 37.5 Å². The van der Waals surface area contributed by atoms with Gasteiger partial charge in [-0.15, -0.1) is 24.8 Å². The zero-order chi connectivity index (χ0) is 15.5. The third-order valence-corrected chi connectivity index (χ3v) is 4.65. The van der Waals surface area contributed by atoms with Crippen LogP contribution >= 0.6 is 24.8 Å². The molecule has 2 unspecified atom stereocenters. The second kappa shape index (κ2) is 9.48. The lowest BCUT2D eigenvalue weighted by molar-refractivity contribution is -0.136. The summed E-state index contributed by atoms with van der Waals surface area (Å²) < 4.78 is 0. The maximum atomic E-state index is 13.0. The number of carbonyl (C=O) groups is 1. The van der Waals surface area contributed by atoms with Gasteiger partial charge in [0.1, 0.15) is 6.04 Å². The first-order valence-corrected chi connectivity index (χ1v) is 7.75. The van der Waals surface area contributed by atoms with E-state index >= 15 is 0 Å². The molecule has 0 aromatic heterocycles. The number of halogens is 2. The van der Waals surface area contributed by atoms with Crippen molar-refractivity contribution in [1.29, 1.82) is 0 Å². The molecule has 1 aromatic rings. The first-order chi connectivity index (χ1) is 10.0. The molecule has 1 heterocycles. The van der Waals surface area contributed by atoms with Gasteiger partial charge in [0.25, 0.3) is 0 Å². The highest BCUT2D eigenvalue weighted by atomic mass is 35.5. The Morgan fingerprint density at radius 3 is 2.43 bits per heavy atom. The first-order valence-electron chi connectivity index (χ1n) is 7.75. The van der Waals surface area contributed by atoms with Gasteiger partial charge < -0.3 is 10.6 Å². The number of benzene rings is 1. The molecular weight excluding hydrogens is 333 g/mol. The fraction of sp³-hybridized carbons (Fsp3) is 0.588. The minimum Gasteiger partial charge on any atom is -0.340 e. The Morgan fingerprint density at radius 2 is 1.96 bits per heavy atom. The molecule has 132 valence electrons. The number of nitrogens with zero attached hydrogens (tertiary/aromatic N) is 2. The molecule has 0 saturated carbocycles. The van der Waals surface area contributed by atoms with Crippen LogP contribution in [-0.2, 0) is 4.79 Å². The Bertz CT molecular complexity index is 486. The predicted molar refractivity (Wildman–Crippen MR) is 100 cm³/mol. The second-order valence-corrected chi connectivity index (χ2v) is 6.41. The lowest BCUT2D eigenvalue weighted by Gasteiger charge is -2.31. The molecule has 0 spiro atoms. The molecule has 6 heteroatoms. The Morgan fingerprint density at radius 1 is 1.35 bits per heavy atom. The van der Waals surface area contributed by atoms with E-state index in [1.807, 2.05) is 42.3 Å². The first kappa shape index (κ1) is 22.2. The van der Waals surface area contributed by atoms with Crippen molar-refractivity contribution >= 4 is 30.7 Å². The maximum Gasteiger partial charge on any atom is 0.244 e. The fourth-order valence-corrected chi connectivity index (χ4v) is 2.95. The molecule has 0 aliphatic carbocycles. The number of nitrogens with two attached hydrogens (primary N) is 1. The van der Waals surface area contributed by atoms with E-state index in [1.165, 1.54) is 0 Å². The molecule has 2 rings (SSSR count). The van der Waals surface area contributed by atoms with Crippen molar-refractivity contribution in [2.45, 2.75) is 26.3 Å². The molecule has 0 radical (unpaired) electrons. The largest absolute Gasteiger partial charge is 0.340 e. The van der Waals surface area contributed by atoms with Crippen molar-refractivity contribution in [1.82, 2.24) is 9.80 Å². The van der Waals surface area contributed by atoms with Crippen LogP contribution in [0.5, 0.6) is 0 Å². The van der Waals surface area contributed by atoms with Crippen LogP contribution in [-0.4, -0.2) is 48.9 Å². The summed E-state index contributed by atoms with van der Waals surface area (Å²) in [5.41, 5.74) is 6.99. The molecule has 1 aromatic carbocycles. The summed E-state index contributed by atoms with van der Waals surface area (Å²) in [5, 5.41) is 0. The number of rotatable bonds is 5. The van der Waals surface area contributed by atoms with Crippen LogP contribution in [0, 0.1) is 5.41 Å². The lowest BCUT2D eigenvalue weighted by atomic mass is 9.90. The third-order valence-electron chi connectivity index (χ3n) is 4.65. The highest BCUT2D eigenvalue weighted by molar-refractivity contribution is 5.85. The smallest absolute Gasteiger partial charge is 0.244 e. The fourth-order valence-electron chi connectivity index (χ4n) is 2.95. The van der Waals surface area contributed by atoms with E-state index in [2.05, 4.69) is 18.7 Å². The molecule has 1 aliphatic rings. The number of hydrogen-bond donors (Lipinski definition) is 1. The van der Waals surface area contributed by atoms with E-state index in [-0.39, 0.29) is 42.2 Å². The van der Waals surface area contributed by atoms with Gasteiger partial charge in [-0.2, -0.15) is 0 Å². The zero-order valence-corrected chi connectivity index (χ0v) is 15.8. The molecule has 23 heavy (non-hydrogen) atoms. The number of likely N-dealkylation sites (N-methyl/N-ethyl adjacent to an activating group) is 1. The van der Waals surface area contributed by atoms with Crippen molar-refractivity contribution in [3.8, 4) is 0 Å². The van der Waals surface area contributed by atoms with E-state index < -0.39 is 0 Å². The average Bonchev–Trinajstić information content (AvgIpc) is 2.91. The van der Waals surface area contributed by atoms with Gasteiger partial charge in [-0.25, -0.2) is 0 Å². The third kappa shape index (κ3) is 5.08. The molecule has 1 aliphatic heterocycles. The molecule has 1 saturated heterocycles. The Kier molecular flexibility index (Phi) is 9.14. The second-order valence-electron chi connectivity index (χ2n) is 6.41. The molecule has 2 N–H and O–H groups in total. The van der Waals surface area contributed by atoms with Crippen LogP contribution in [0.15, 0.2) is 30.3 Å². The minimum atomic E-state index is -0.198. The van der Waals surface area contributed by atoms with Crippen molar-refractivity contribution in [2.24, 2.45) is 11.1 Å². The van der Waals surface area contributed by atoms with Crippen LogP contribution in [0.4, 0.5) is 0 Å². The number of likely N-dealkylation sites (tertiary alicyclic amines) is 1. The van der Waals surface area contributed by atoms with E-state index in [0.717, 1.165) is 31.6 Å². The molecule has 4 nitrogen and oxygen atoms in total. The number of carbonyl (C=O) groups excluding carboxylic acids is 1. The van der Waals surface area contributed by atoms with E-state index in [4.69, 9.17) is 5.73 Å². The summed E-state index contributed by atoms with van der Waals surface area (Å²) >= 11 is 0. The number of amides is 1. The van der Waals surface area contributed by atoms with Crippen LogP contribution < -0.4 is 5.73 Å². The minimum absolute atomic E-state index is 0. The lowest BCUT2D eigenvalue weighted by Crippen LogP contribution is -2.42. The van der Waals surface area contributed by atoms with E-state index in [1.54, 1.807) is 0 Å². The van der Waals surface area contributed by atoms with Crippen molar-refractivity contribution < 1.29 is 4.79 Å². The van der Waals surface area contributed by atoms with Gasteiger partial charge in [-0.1, -0.05) is 44.2 Å². The summed E-state index contributed by atoms with van der Waals surface area (Å²) in [6.45, 7) is 7.30. The van der Waals surface area contributed by atoms with Gasteiger partial charge in [0.2, 0.25) is 5.91 Å². The molecule has 0 bridgehead atoms. The van der Waals surface area contributed by atoms with Crippen molar-refractivity contribution in [3.05, 3.63) is 35.9 Å². The quantitative estimate of drug-likeness (QED) is 0.876. The van der Waals surface area contributed by atoms with Crippen LogP contribution in [0.2, 0.25) is 0 Å². The molecule has 2 atom stereocenters. The maximum absolute atomic E-state index is 13.0. The Hall–Kier alpha value is -0.810. The summed E-state index contributed by atoms with van der Waals surface area (Å²) in [6, 6.07) is 9.84. The van der Waals surface area contributed by atoms with Crippen LogP contribution in [0.1, 0.15) is 31.9 Å². The summed E-state index contributed by atoms with van der Waals surface area (Å²) in [4.78, 5) is 17.1. The summed E-state index contributed by atoms with van der Waals surface area (Å²) in [6.07, 6.45) is 0.993. The monoisotopic (exact) mass is 361 g/mol. The topological polar surface area (TPSA) is 49.6 Å². The molecular formula is C17H29Cl2N3O. The Balaban J connectivity index is 0.00000242. The van der Waals surface area contributed by atoms with Crippen molar-refractivity contribution in [3.63, 3.8) is 0 Å². The summed E-state index contributed by atoms with van der Waals surface area (Å²) in [7, 11) is 2.01. The standard InChI is InChI=1S/C17H27N3O.2ClH/c1-4-19(3)15(14-8-6-5-7-9-14)16(21)20-11-10-17(2,12-18)13-20;;/h5-9,15H,4,10-13,18H2,1-3H3;2*1H. The zero-order valence-electron chi connectivity index (χ0n) is 14.2. The van der Waals surface area contributed by atoms with Gasteiger partial charge in [-0.3, -0.25) is 9.69 Å². The SMILES string of the molecule is CCN(C)C(C(=O)N1CCC(C)(CN)C1)c1ccccc1.Cl.Cl.